The molecule has 0 radical (unpaired) electrons. The van der Waals surface area contributed by atoms with Gasteiger partial charge in [-0.1, -0.05) is 0 Å². The van der Waals surface area contributed by atoms with E-state index in [9.17, 15) is 5.11 Å². The molecule has 0 bridgehead atoms. The van der Waals surface area contributed by atoms with Crippen molar-refractivity contribution in [1.29, 1.82) is 0 Å². The fourth-order valence-electron chi connectivity index (χ4n) is 2.27. The van der Waals surface area contributed by atoms with Gasteiger partial charge in [-0.3, -0.25) is 4.18 Å². The van der Waals surface area contributed by atoms with Crippen LogP contribution < -0.4 is 0 Å². The molecule has 2 aliphatic rings. The number of ether oxygens (including phenoxy) is 4. The summed E-state index contributed by atoms with van der Waals surface area (Å²) in [7, 11) is 1.52. The highest BCUT2D eigenvalue weighted by Gasteiger charge is 2.55. The maximum Gasteiger partial charge on any atom is 0.186 e. The van der Waals surface area contributed by atoms with E-state index in [4.69, 9.17) is 23.1 Å². The highest BCUT2D eigenvalue weighted by Crippen LogP contribution is 2.37. The molecule has 0 aromatic heterocycles. The summed E-state index contributed by atoms with van der Waals surface area (Å²) in [4.78, 5) is 0. The highest BCUT2D eigenvalue weighted by atomic mass is 127. The van der Waals surface area contributed by atoms with Crippen LogP contribution >= 0.6 is 35.3 Å². The van der Waals surface area contributed by atoms with Crippen LogP contribution in [0.25, 0.3) is 0 Å². The lowest BCUT2D eigenvalue weighted by Crippen LogP contribution is -2.57. The lowest BCUT2D eigenvalue weighted by Gasteiger charge is -2.38. The van der Waals surface area contributed by atoms with E-state index in [1.54, 1.807) is 36.9 Å². The van der Waals surface area contributed by atoms with Gasteiger partial charge in [0.25, 0.3) is 0 Å². The topological polar surface area (TPSA) is 75.6 Å². The van der Waals surface area contributed by atoms with Crippen molar-refractivity contribution in [3.05, 3.63) is 0 Å². The van der Waals surface area contributed by atoms with Gasteiger partial charge in [0.15, 0.2) is 24.4 Å². The molecule has 2 rings (SSSR count). The van der Waals surface area contributed by atoms with E-state index >= 15 is 0 Å². The van der Waals surface area contributed by atoms with Crippen LogP contribution in [-0.2, 0) is 25.6 Å². The van der Waals surface area contributed by atoms with Gasteiger partial charge in [0, 0.05) is 7.11 Å². The lowest BCUT2D eigenvalue weighted by atomic mass is 9.99. The van der Waals surface area contributed by atoms with Gasteiger partial charge in [0.2, 0.25) is 0 Å². The van der Waals surface area contributed by atoms with Crippen LogP contribution in [0.3, 0.4) is 0 Å². The average Bonchev–Trinajstić information content (AvgIpc) is 2.68. The molecule has 7 nitrogen and oxygen atoms in total. The summed E-state index contributed by atoms with van der Waals surface area (Å²) in [5.74, 6) is -0.772. The summed E-state index contributed by atoms with van der Waals surface area (Å²) in [6.07, 6.45) is -2.99. The molecule has 2 fully saturated rings. The molecule has 2 heterocycles. The van der Waals surface area contributed by atoms with Crippen molar-refractivity contribution < 1.29 is 30.7 Å². The van der Waals surface area contributed by atoms with Crippen LogP contribution in [0.4, 0.5) is 0 Å². The smallest absolute Gasteiger partial charge is 0.186 e. The lowest BCUT2D eigenvalue weighted by molar-refractivity contribution is -0.270. The minimum atomic E-state index is -0.854. The van der Waals surface area contributed by atoms with Crippen molar-refractivity contribution in [2.75, 3.05) is 13.7 Å². The zero-order valence-corrected chi connectivity index (χ0v) is 13.8. The SMILES string of the molecule is CO[C@H]1OC(COSOI)[C@@H](O)C2OC(C)(C)OC21. The Balaban J connectivity index is 2.02. The Morgan fingerprint density at radius 3 is 2.63 bits per heavy atom. The van der Waals surface area contributed by atoms with Crippen molar-refractivity contribution in [1.82, 2.24) is 0 Å². The quantitative estimate of drug-likeness (QED) is 0.413. The van der Waals surface area contributed by atoms with Crippen molar-refractivity contribution in [3.63, 3.8) is 0 Å². The number of aliphatic hydroxyl groups is 1. The van der Waals surface area contributed by atoms with E-state index in [1.807, 2.05) is 0 Å². The Hall–Kier alpha value is 0.800. The number of rotatable bonds is 5. The van der Waals surface area contributed by atoms with Crippen LogP contribution in [0, 0.1) is 0 Å². The summed E-state index contributed by atoms with van der Waals surface area (Å²) in [5.41, 5.74) is 0. The fraction of sp³-hybridized carbons (Fsp3) is 1.00. The summed E-state index contributed by atoms with van der Waals surface area (Å²) in [5, 5.41) is 10.3. The molecule has 0 amide bonds. The van der Waals surface area contributed by atoms with E-state index < -0.39 is 36.5 Å². The minimum absolute atomic E-state index is 0.154. The highest BCUT2D eigenvalue weighted by molar-refractivity contribution is 14.1. The summed E-state index contributed by atoms with van der Waals surface area (Å²) in [6.45, 7) is 3.73. The maximum absolute atomic E-state index is 10.3. The van der Waals surface area contributed by atoms with Gasteiger partial charge in [-0.2, -0.15) is 0 Å². The number of halogens is 1. The molecular weight excluding hydrogens is 391 g/mol. The Morgan fingerprint density at radius 1 is 1.32 bits per heavy atom. The molecule has 1 N–H and O–H groups in total. The van der Waals surface area contributed by atoms with Crippen molar-refractivity contribution in [2.45, 2.75) is 50.3 Å². The first-order valence-corrected chi connectivity index (χ1v) is 7.32. The normalized spacial score (nSPS) is 41.2. The van der Waals surface area contributed by atoms with Crippen LogP contribution in [-0.4, -0.2) is 55.3 Å². The molecule has 0 aromatic rings. The second-order valence-electron chi connectivity index (χ2n) is 4.75. The van der Waals surface area contributed by atoms with Gasteiger partial charge in [-0.15, -0.1) is 0 Å². The Kier molecular flexibility index (Phi) is 5.71. The van der Waals surface area contributed by atoms with Crippen LogP contribution in [0.2, 0.25) is 0 Å². The third kappa shape index (κ3) is 3.71. The molecule has 112 valence electrons. The maximum atomic E-state index is 10.3. The molecule has 0 spiro atoms. The molecule has 19 heavy (non-hydrogen) atoms. The summed E-state index contributed by atoms with van der Waals surface area (Å²) in [6, 6.07) is 0. The molecular formula is C10H17IO7S. The van der Waals surface area contributed by atoms with Gasteiger partial charge in [0.05, 0.1) is 6.61 Å². The van der Waals surface area contributed by atoms with E-state index in [1.165, 1.54) is 7.11 Å². The molecule has 0 aliphatic carbocycles. The third-order valence-electron chi connectivity index (χ3n) is 3.00. The van der Waals surface area contributed by atoms with E-state index in [0.29, 0.717) is 0 Å². The monoisotopic (exact) mass is 408 g/mol. The van der Waals surface area contributed by atoms with Gasteiger partial charge in [0.1, 0.15) is 47.4 Å². The molecule has 0 saturated carbocycles. The zero-order chi connectivity index (χ0) is 14.0. The number of aliphatic hydroxyl groups excluding tert-OH is 1. The second kappa shape index (κ2) is 6.71. The van der Waals surface area contributed by atoms with Crippen LogP contribution in [0.1, 0.15) is 13.8 Å². The van der Waals surface area contributed by atoms with Gasteiger partial charge in [-0.05, 0) is 13.8 Å². The van der Waals surface area contributed by atoms with E-state index in [-0.39, 0.29) is 6.61 Å². The molecule has 3 unspecified atom stereocenters. The molecule has 5 atom stereocenters. The standard InChI is InChI=1S/C10H17IO7S/c1-10(2)16-7-6(12)5(4-14-19-18-11)15-9(13-3)8(7)17-10/h5-9,12H,4H2,1-3H3/t5?,6-,7?,8?,9+/m1/s1. The molecule has 2 saturated heterocycles. The van der Waals surface area contributed by atoms with E-state index in [0.717, 1.165) is 12.3 Å². The number of hydrogen-bond acceptors (Lipinski definition) is 8. The van der Waals surface area contributed by atoms with Gasteiger partial charge >= 0.3 is 0 Å². The first kappa shape index (κ1) is 16.2. The number of fused-ring (bicyclic) bond motifs is 1. The predicted octanol–water partition coefficient (Wildman–Crippen LogP) is 1.19. The number of methoxy groups -OCH3 is 1. The third-order valence-corrected chi connectivity index (χ3v) is 3.72. The van der Waals surface area contributed by atoms with Crippen molar-refractivity contribution >= 4 is 35.3 Å². The Labute approximate surface area is 130 Å². The molecule has 0 aromatic carbocycles. The van der Waals surface area contributed by atoms with Crippen LogP contribution in [0.15, 0.2) is 0 Å². The Morgan fingerprint density at radius 2 is 2.00 bits per heavy atom. The van der Waals surface area contributed by atoms with Gasteiger partial charge < -0.3 is 24.1 Å². The van der Waals surface area contributed by atoms with Crippen molar-refractivity contribution in [3.8, 4) is 0 Å². The van der Waals surface area contributed by atoms with E-state index in [2.05, 4.69) is 2.51 Å². The van der Waals surface area contributed by atoms with Crippen LogP contribution in [0.5, 0.6) is 0 Å². The Bertz CT molecular complexity index is 306. The average molecular weight is 408 g/mol. The summed E-state index contributed by atoms with van der Waals surface area (Å²) < 4.78 is 32.1. The van der Waals surface area contributed by atoms with Gasteiger partial charge in [-0.25, -0.2) is 2.51 Å². The minimum Gasteiger partial charge on any atom is -0.387 e. The fourth-order valence-corrected chi connectivity index (χ4v) is 2.81. The van der Waals surface area contributed by atoms with Crippen molar-refractivity contribution in [2.24, 2.45) is 0 Å². The first-order chi connectivity index (χ1) is 8.98. The molecule has 2 aliphatic heterocycles. The second-order valence-corrected chi connectivity index (χ2v) is 6.33. The first-order valence-electron chi connectivity index (χ1n) is 5.77. The largest absolute Gasteiger partial charge is 0.387 e. The zero-order valence-electron chi connectivity index (χ0n) is 10.8. The predicted molar refractivity (Wildman–Crippen MR) is 74.1 cm³/mol. The summed E-state index contributed by atoms with van der Waals surface area (Å²) >= 11 is 2.51. The number of hydrogen-bond donors (Lipinski definition) is 1. The molecule has 9 heteroatoms.